The Morgan fingerprint density at radius 1 is 1.20 bits per heavy atom. The zero-order valence-corrected chi connectivity index (χ0v) is 10.9. The van der Waals surface area contributed by atoms with Gasteiger partial charge < -0.3 is 19.7 Å². The van der Waals surface area contributed by atoms with Crippen LogP contribution in [0.1, 0.15) is 20.8 Å². The van der Waals surface area contributed by atoms with Gasteiger partial charge in [0, 0.05) is 6.08 Å². The molecule has 6 heteroatoms. The summed E-state index contributed by atoms with van der Waals surface area (Å²) < 4.78 is 8.93. The third-order valence-corrected chi connectivity index (χ3v) is 0.809. The molecule has 0 radical (unpaired) electrons. The second-order valence-corrected chi connectivity index (χ2v) is 1.94. The van der Waals surface area contributed by atoms with Gasteiger partial charge in [0.05, 0.1) is 12.6 Å². The van der Waals surface area contributed by atoms with Crippen LogP contribution in [-0.4, -0.2) is 48.8 Å². The van der Waals surface area contributed by atoms with Crippen LogP contribution in [0.5, 0.6) is 0 Å². The predicted molar refractivity (Wildman–Crippen MR) is 52.6 cm³/mol. The summed E-state index contributed by atoms with van der Waals surface area (Å²) in [7, 11) is 0. The molecule has 0 unspecified atom stereocenters. The second kappa shape index (κ2) is 16.0. The van der Waals surface area contributed by atoms with E-state index in [-0.39, 0.29) is 42.9 Å². The monoisotopic (exact) mass is 228 g/mol. The van der Waals surface area contributed by atoms with E-state index in [1.54, 1.807) is 20.8 Å². The minimum Gasteiger partial charge on any atom is -0.855 e. The minimum atomic E-state index is -0.661. The van der Waals surface area contributed by atoms with Gasteiger partial charge in [-0.25, -0.2) is 4.79 Å². The topological polar surface area (TPSA) is 81.7 Å². The smallest absolute Gasteiger partial charge is 0.855 e. The molecule has 0 spiro atoms. The van der Waals surface area contributed by atoms with E-state index in [4.69, 9.17) is 5.11 Å². The molecule has 0 saturated carbocycles. The third-order valence-electron chi connectivity index (χ3n) is 0.809. The van der Waals surface area contributed by atoms with Crippen molar-refractivity contribution in [1.82, 2.24) is 0 Å². The van der Waals surface area contributed by atoms with Crippen molar-refractivity contribution < 1.29 is 24.5 Å². The van der Waals surface area contributed by atoms with Crippen LogP contribution in [0, 0.1) is 0 Å². The van der Waals surface area contributed by atoms with Crippen molar-refractivity contribution in [2.45, 2.75) is 20.8 Å². The van der Waals surface area contributed by atoms with Crippen LogP contribution >= 0.6 is 0 Å². The molecule has 0 aliphatic heterocycles. The van der Waals surface area contributed by atoms with Crippen molar-refractivity contribution in [3.8, 4) is 0 Å². The van der Waals surface area contributed by atoms with Gasteiger partial charge in [-0.2, -0.15) is 0 Å². The number of carbonyl (C=O) groups is 1. The summed E-state index contributed by atoms with van der Waals surface area (Å²) in [5.74, 6) is -1.32. The van der Waals surface area contributed by atoms with Crippen LogP contribution in [0.25, 0.3) is 0 Å². The van der Waals surface area contributed by atoms with E-state index in [1.807, 2.05) is 0 Å². The molecule has 0 N–H and O–H groups in total. The van der Waals surface area contributed by atoms with Gasteiger partial charge in [-0.05, 0) is 13.5 Å². The fraction of sp³-hybridized carbons (Fsp3) is 0.667. The quantitative estimate of drug-likeness (QED) is 0.261. The van der Waals surface area contributed by atoms with E-state index >= 15 is 0 Å². The summed E-state index contributed by atoms with van der Waals surface area (Å²) >= 11 is 0. The maximum absolute atomic E-state index is 10.5. The van der Waals surface area contributed by atoms with E-state index in [1.165, 1.54) is 0 Å². The van der Waals surface area contributed by atoms with Gasteiger partial charge in [0.25, 0.3) is 0 Å². The summed E-state index contributed by atoms with van der Waals surface area (Å²) in [4.78, 5) is 10.5. The Kier molecular flexibility index (Phi) is 21.3. The second-order valence-electron chi connectivity index (χ2n) is 1.94. The summed E-state index contributed by atoms with van der Waals surface area (Å²) in [5, 5.41) is 19.5. The maximum Gasteiger partial charge on any atom is 2.00 e. The molecule has 84 valence electrons. The van der Waals surface area contributed by atoms with E-state index in [2.05, 4.69) is 9.47 Å². The molecule has 5 nitrogen and oxygen atoms in total. The summed E-state index contributed by atoms with van der Waals surface area (Å²) in [6.45, 7) is 5.41. The third kappa shape index (κ3) is 19.8. The Morgan fingerprint density at radius 2 is 1.60 bits per heavy atom. The average Bonchev–Trinajstić information content (AvgIpc) is 2.05. The Bertz CT molecular complexity index is 170. The first-order chi connectivity index (χ1) is 6.62. The van der Waals surface area contributed by atoms with Gasteiger partial charge in [0.1, 0.15) is 0 Å². The maximum atomic E-state index is 10.5. The molecule has 0 rings (SSSR count). The summed E-state index contributed by atoms with van der Waals surface area (Å²) in [6.07, 6.45) is 0.785. The van der Waals surface area contributed by atoms with Gasteiger partial charge in [-0.3, -0.25) is 0 Å². The molecule has 15 heavy (non-hydrogen) atoms. The van der Waals surface area contributed by atoms with Crippen LogP contribution < -0.4 is 10.2 Å². The van der Waals surface area contributed by atoms with Crippen molar-refractivity contribution >= 4 is 29.0 Å². The Labute approximate surface area is 106 Å². The molecule has 0 aromatic heterocycles. The molecule has 0 heterocycles. The van der Waals surface area contributed by atoms with Crippen LogP contribution in [0.15, 0.2) is 12.0 Å². The van der Waals surface area contributed by atoms with E-state index < -0.39 is 11.9 Å². The fourth-order valence-electron chi connectivity index (χ4n) is 0.464. The zero-order valence-electron chi connectivity index (χ0n) is 9.45. The van der Waals surface area contributed by atoms with Gasteiger partial charge in [-0.15, -0.1) is 6.61 Å². The molecule has 0 aromatic carbocycles. The number of hydrogen-bond acceptors (Lipinski definition) is 5. The molecular formula is C9H16MgO5. The predicted octanol–water partition coefficient (Wildman–Crippen LogP) is -1.23. The van der Waals surface area contributed by atoms with Gasteiger partial charge in [-0.1, -0.05) is 13.8 Å². The summed E-state index contributed by atoms with van der Waals surface area (Å²) in [6, 6.07) is 0. The molecule has 0 saturated heterocycles. The van der Waals surface area contributed by atoms with Gasteiger partial charge in [0.15, 0.2) is 0 Å². The van der Waals surface area contributed by atoms with Gasteiger partial charge in [0.2, 0.25) is 0 Å². The van der Waals surface area contributed by atoms with Crippen LogP contribution in [0.4, 0.5) is 0 Å². The van der Waals surface area contributed by atoms with E-state index in [0.29, 0.717) is 0 Å². The molecule has 0 aliphatic rings. The summed E-state index contributed by atoms with van der Waals surface area (Å²) in [5.41, 5.74) is 0. The van der Waals surface area contributed by atoms with Crippen LogP contribution in [-0.2, 0) is 14.3 Å². The fourth-order valence-corrected chi connectivity index (χ4v) is 0.464. The molecule has 0 aromatic rings. The van der Waals surface area contributed by atoms with Crippen molar-refractivity contribution in [3.05, 3.63) is 12.0 Å². The normalized spacial score (nSPS) is 9.20. The minimum absolute atomic E-state index is 0. The molecule has 0 aliphatic carbocycles. The number of carbonyl (C=O) groups excluding carboxylic acids is 1. The van der Waals surface area contributed by atoms with Crippen molar-refractivity contribution in [3.63, 3.8) is 0 Å². The first-order valence-electron chi connectivity index (χ1n) is 4.38. The Balaban J connectivity index is -0.000000320. The first-order valence-corrected chi connectivity index (χ1v) is 4.38. The number of ether oxygens (including phenoxy) is 2. The van der Waals surface area contributed by atoms with Crippen molar-refractivity contribution in [1.29, 1.82) is 0 Å². The van der Waals surface area contributed by atoms with Crippen molar-refractivity contribution in [2.24, 2.45) is 0 Å². The first kappa shape index (κ1) is 20.0. The average molecular weight is 229 g/mol. The van der Waals surface area contributed by atoms with Crippen LogP contribution in [0.3, 0.4) is 0 Å². The largest absolute Gasteiger partial charge is 2.00 e. The van der Waals surface area contributed by atoms with Gasteiger partial charge >= 0.3 is 29.0 Å². The molecule has 0 bridgehead atoms. The molecule has 0 fully saturated rings. The Hall–Kier alpha value is -0.464. The Morgan fingerprint density at radius 3 is 1.93 bits per heavy atom. The van der Waals surface area contributed by atoms with Crippen molar-refractivity contribution in [2.75, 3.05) is 19.8 Å². The molecule has 0 amide bonds. The zero-order chi connectivity index (χ0) is 11.4. The van der Waals surface area contributed by atoms with E-state index in [0.717, 1.165) is 6.08 Å². The number of hydrogen-bond donors (Lipinski definition) is 0. The molecule has 0 atom stereocenters. The molecular weight excluding hydrogens is 212 g/mol. The van der Waals surface area contributed by atoms with Crippen LogP contribution in [0.2, 0.25) is 0 Å². The number of esters is 1. The standard InChI is InChI=1S/C7H12O4.C2H5O.Mg/c1-3-10-6(8)5-7(9)11-4-2;1-2-3;/h5,8H,3-4H2,1-2H3;2H2,1H3;/q;-1;+2/p-1/b6-5-;;. The number of rotatable bonds is 4. The SMILES string of the molecule is CCOC(=O)/C=C(/[O-])OCC.CC[O-].[Mg+2]. The van der Waals surface area contributed by atoms with E-state index in [9.17, 15) is 9.90 Å².